The van der Waals surface area contributed by atoms with Gasteiger partial charge >= 0.3 is 5.97 Å². The lowest BCUT2D eigenvalue weighted by Crippen LogP contribution is -2.42. The molecule has 1 amide bonds. The summed E-state index contributed by atoms with van der Waals surface area (Å²) < 4.78 is 0. The molecule has 0 aromatic carbocycles. The van der Waals surface area contributed by atoms with Crippen molar-refractivity contribution in [1.29, 1.82) is 0 Å². The smallest absolute Gasteiger partial charge is 0.306 e. The van der Waals surface area contributed by atoms with Crippen molar-refractivity contribution in [3.63, 3.8) is 0 Å². The maximum atomic E-state index is 12.5. The minimum atomic E-state index is -0.701. The van der Waals surface area contributed by atoms with E-state index in [1.165, 1.54) is 19.3 Å². The first-order valence-corrected chi connectivity index (χ1v) is 7.63. The zero-order valence-electron chi connectivity index (χ0n) is 11.8. The van der Waals surface area contributed by atoms with Gasteiger partial charge < -0.3 is 10.0 Å². The van der Waals surface area contributed by atoms with E-state index in [2.05, 4.69) is 0 Å². The summed E-state index contributed by atoms with van der Waals surface area (Å²) in [6.07, 6.45) is 6.64. The van der Waals surface area contributed by atoms with Crippen LogP contribution in [0.4, 0.5) is 0 Å². The molecule has 0 spiro atoms. The lowest BCUT2D eigenvalue weighted by molar-refractivity contribution is -0.145. The average Bonchev–Trinajstić information content (AvgIpc) is 2.37. The van der Waals surface area contributed by atoms with Crippen molar-refractivity contribution in [2.75, 3.05) is 13.1 Å². The third-order valence-corrected chi connectivity index (χ3v) is 4.82. The van der Waals surface area contributed by atoms with Gasteiger partial charge in [0.2, 0.25) is 5.91 Å². The monoisotopic (exact) mass is 267 g/mol. The summed E-state index contributed by atoms with van der Waals surface area (Å²) in [6.45, 7) is 3.74. The lowest BCUT2D eigenvalue weighted by atomic mass is 9.80. The molecule has 2 aliphatic carbocycles. The Balaban J connectivity index is 1.82. The number of rotatable bonds is 5. The summed E-state index contributed by atoms with van der Waals surface area (Å²) in [5.41, 5.74) is 0. The Kier molecular flexibility index (Phi) is 4.83. The summed E-state index contributed by atoms with van der Waals surface area (Å²) in [5.74, 6) is 0.103. The van der Waals surface area contributed by atoms with Crippen molar-refractivity contribution in [2.45, 2.75) is 51.9 Å². The third-order valence-electron chi connectivity index (χ3n) is 4.82. The van der Waals surface area contributed by atoms with E-state index < -0.39 is 5.97 Å². The predicted molar refractivity (Wildman–Crippen MR) is 72.7 cm³/mol. The van der Waals surface area contributed by atoms with E-state index in [9.17, 15) is 9.59 Å². The predicted octanol–water partition coefficient (Wildman–Crippen LogP) is 2.53. The van der Waals surface area contributed by atoms with Crippen LogP contribution in [0.5, 0.6) is 0 Å². The van der Waals surface area contributed by atoms with E-state index in [1.807, 2.05) is 11.8 Å². The van der Waals surface area contributed by atoms with Gasteiger partial charge in [-0.15, -0.1) is 0 Å². The third kappa shape index (κ3) is 3.48. The zero-order valence-corrected chi connectivity index (χ0v) is 11.8. The van der Waals surface area contributed by atoms with Crippen molar-refractivity contribution >= 4 is 11.9 Å². The maximum absolute atomic E-state index is 12.5. The maximum Gasteiger partial charge on any atom is 0.306 e. The van der Waals surface area contributed by atoms with Crippen LogP contribution in [0.15, 0.2) is 0 Å². The molecule has 0 aromatic rings. The molecule has 0 atom stereocenters. The largest absolute Gasteiger partial charge is 0.481 e. The van der Waals surface area contributed by atoms with Crippen LogP contribution in [-0.2, 0) is 9.59 Å². The molecule has 0 saturated heterocycles. The second-order valence-corrected chi connectivity index (χ2v) is 6.06. The number of nitrogens with zero attached hydrogens (tertiary/aromatic N) is 1. The molecule has 19 heavy (non-hydrogen) atoms. The minimum Gasteiger partial charge on any atom is -0.481 e. The number of carboxylic acids is 1. The van der Waals surface area contributed by atoms with E-state index in [1.54, 1.807) is 0 Å². The highest BCUT2D eigenvalue weighted by Gasteiger charge is 2.32. The van der Waals surface area contributed by atoms with Gasteiger partial charge in [-0.25, -0.2) is 0 Å². The van der Waals surface area contributed by atoms with Crippen LogP contribution in [0.25, 0.3) is 0 Å². The molecule has 108 valence electrons. The number of carbonyl (C=O) groups excluding carboxylic acids is 1. The molecule has 4 nitrogen and oxygen atoms in total. The second kappa shape index (κ2) is 6.40. The molecule has 2 saturated carbocycles. The van der Waals surface area contributed by atoms with Crippen LogP contribution >= 0.6 is 0 Å². The van der Waals surface area contributed by atoms with Gasteiger partial charge in [-0.3, -0.25) is 9.59 Å². The van der Waals surface area contributed by atoms with Crippen molar-refractivity contribution in [3.05, 3.63) is 0 Å². The van der Waals surface area contributed by atoms with E-state index in [0.29, 0.717) is 18.8 Å². The van der Waals surface area contributed by atoms with Crippen LogP contribution in [0.3, 0.4) is 0 Å². The van der Waals surface area contributed by atoms with E-state index >= 15 is 0 Å². The van der Waals surface area contributed by atoms with Gasteiger partial charge in [0, 0.05) is 19.0 Å². The molecule has 0 unspecified atom stereocenters. The van der Waals surface area contributed by atoms with Crippen LogP contribution in [0.1, 0.15) is 51.9 Å². The first-order chi connectivity index (χ1) is 9.11. The second-order valence-electron chi connectivity index (χ2n) is 6.06. The topological polar surface area (TPSA) is 57.6 Å². The van der Waals surface area contributed by atoms with Crippen molar-refractivity contribution < 1.29 is 14.7 Å². The van der Waals surface area contributed by atoms with Gasteiger partial charge in [0.15, 0.2) is 0 Å². The Bertz CT molecular complexity index is 330. The quantitative estimate of drug-likeness (QED) is 0.832. The Morgan fingerprint density at radius 2 is 1.63 bits per heavy atom. The summed E-state index contributed by atoms with van der Waals surface area (Å²) >= 11 is 0. The molecule has 2 aliphatic rings. The summed E-state index contributed by atoms with van der Waals surface area (Å²) in [4.78, 5) is 25.4. The number of amides is 1. The number of aliphatic carboxylic acids is 1. The SMILES string of the molecule is CCN(CC1CCC1)C(=O)C1CCC(C(=O)O)CC1. The number of carboxylic acid groups (broad SMARTS) is 1. The van der Waals surface area contributed by atoms with Gasteiger partial charge in [-0.05, 0) is 51.4 Å². The Morgan fingerprint density at radius 1 is 1.05 bits per heavy atom. The molecule has 0 radical (unpaired) electrons. The molecule has 2 fully saturated rings. The molecular weight excluding hydrogens is 242 g/mol. The highest BCUT2D eigenvalue weighted by molar-refractivity contribution is 5.79. The van der Waals surface area contributed by atoms with Crippen LogP contribution < -0.4 is 0 Å². The van der Waals surface area contributed by atoms with Gasteiger partial charge in [-0.1, -0.05) is 6.42 Å². The summed E-state index contributed by atoms with van der Waals surface area (Å²) in [6, 6.07) is 0. The van der Waals surface area contributed by atoms with E-state index in [0.717, 1.165) is 25.9 Å². The fourth-order valence-electron chi connectivity index (χ4n) is 3.21. The van der Waals surface area contributed by atoms with Crippen LogP contribution in [0.2, 0.25) is 0 Å². The van der Waals surface area contributed by atoms with Gasteiger partial charge in [0.25, 0.3) is 0 Å². The Hall–Kier alpha value is -1.06. The van der Waals surface area contributed by atoms with Gasteiger partial charge in [0.1, 0.15) is 0 Å². The zero-order chi connectivity index (χ0) is 13.8. The van der Waals surface area contributed by atoms with E-state index in [4.69, 9.17) is 5.11 Å². The highest BCUT2D eigenvalue weighted by atomic mass is 16.4. The molecule has 2 rings (SSSR count). The molecule has 0 heterocycles. The first-order valence-electron chi connectivity index (χ1n) is 7.63. The van der Waals surface area contributed by atoms with E-state index in [-0.39, 0.29) is 17.7 Å². The van der Waals surface area contributed by atoms with Gasteiger partial charge in [-0.2, -0.15) is 0 Å². The highest BCUT2D eigenvalue weighted by Crippen LogP contribution is 2.32. The molecule has 4 heteroatoms. The minimum absolute atomic E-state index is 0.0654. The fourth-order valence-corrected chi connectivity index (χ4v) is 3.21. The van der Waals surface area contributed by atoms with Crippen LogP contribution in [-0.4, -0.2) is 35.0 Å². The molecule has 0 aliphatic heterocycles. The van der Waals surface area contributed by atoms with Gasteiger partial charge in [0.05, 0.1) is 5.92 Å². The summed E-state index contributed by atoms with van der Waals surface area (Å²) in [5, 5.41) is 8.98. The number of carbonyl (C=O) groups is 2. The van der Waals surface area contributed by atoms with Crippen LogP contribution in [0, 0.1) is 17.8 Å². The normalized spacial score (nSPS) is 27.6. The number of hydrogen-bond donors (Lipinski definition) is 1. The van der Waals surface area contributed by atoms with Crippen molar-refractivity contribution in [3.8, 4) is 0 Å². The Morgan fingerprint density at radius 3 is 2.05 bits per heavy atom. The Labute approximate surface area is 115 Å². The van der Waals surface area contributed by atoms with Crippen molar-refractivity contribution in [2.24, 2.45) is 17.8 Å². The fraction of sp³-hybridized carbons (Fsp3) is 0.867. The lowest BCUT2D eigenvalue weighted by Gasteiger charge is -2.35. The molecular formula is C15H25NO3. The average molecular weight is 267 g/mol. The van der Waals surface area contributed by atoms with Crippen molar-refractivity contribution in [1.82, 2.24) is 4.90 Å². The molecule has 0 bridgehead atoms. The molecule has 0 aromatic heterocycles. The molecule has 1 N–H and O–H groups in total. The summed E-state index contributed by atoms with van der Waals surface area (Å²) in [7, 11) is 0. The first kappa shape index (κ1) is 14.4. The number of hydrogen-bond acceptors (Lipinski definition) is 2. The standard InChI is InChI=1S/C15H25NO3/c1-2-16(10-11-4-3-5-11)14(17)12-6-8-13(9-7-12)15(18)19/h11-13H,2-10H2,1H3,(H,18,19).